The standard InChI is InChI=1S/C15H22N2OS/c1-11(2)6-8-18-9-7-16-15-17-13-5-4-12(3)10-14(13)19-15/h4-5,10-11H,6-9H2,1-3H3,(H,16,17). The highest BCUT2D eigenvalue weighted by Gasteiger charge is 2.03. The highest BCUT2D eigenvalue weighted by Crippen LogP contribution is 2.26. The van der Waals surface area contributed by atoms with Crippen molar-refractivity contribution in [1.29, 1.82) is 0 Å². The number of nitrogens with one attached hydrogen (secondary N) is 1. The Morgan fingerprint density at radius 1 is 1.32 bits per heavy atom. The SMILES string of the molecule is Cc1ccc2nc(NCCOCCC(C)C)sc2c1. The molecule has 0 aliphatic rings. The van der Waals surface area contributed by atoms with Crippen molar-refractivity contribution in [2.45, 2.75) is 27.2 Å². The number of hydrogen-bond donors (Lipinski definition) is 1. The molecule has 0 saturated heterocycles. The van der Waals surface area contributed by atoms with Gasteiger partial charge in [0, 0.05) is 13.2 Å². The number of aryl methyl sites for hydroxylation is 1. The summed E-state index contributed by atoms with van der Waals surface area (Å²) in [6.07, 6.45) is 1.13. The smallest absolute Gasteiger partial charge is 0.183 e. The van der Waals surface area contributed by atoms with Gasteiger partial charge in [-0.3, -0.25) is 0 Å². The number of ether oxygens (including phenoxy) is 1. The molecule has 0 radical (unpaired) electrons. The average molecular weight is 278 g/mol. The molecular formula is C15H22N2OS. The van der Waals surface area contributed by atoms with Crippen molar-refractivity contribution >= 4 is 26.7 Å². The number of nitrogens with zero attached hydrogens (tertiary/aromatic N) is 1. The molecule has 0 fully saturated rings. The van der Waals surface area contributed by atoms with E-state index in [0.717, 1.165) is 36.8 Å². The van der Waals surface area contributed by atoms with Crippen molar-refractivity contribution < 1.29 is 4.74 Å². The van der Waals surface area contributed by atoms with E-state index in [-0.39, 0.29) is 0 Å². The number of rotatable bonds is 7. The lowest BCUT2D eigenvalue weighted by molar-refractivity contribution is 0.132. The Morgan fingerprint density at radius 3 is 2.95 bits per heavy atom. The fraction of sp³-hybridized carbons (Fsp3) is 0.533. The van der Waals surface area contributed by atoms with Crippen molar-refractivity contribution in [3.63, 3.8) is 0 Å². The van der Waals surface area contributed by atoms with Gasteiger partial charge < -0.3 is 10.1 Å². The summed E-state index contributed by atoms with van der Waals surface area (Å²) in [5, 5.41) is 4.30. The number of benzene rings is 1. The molecule has 0 atom stereocenters. The monoisotopic (exact) mass is 278 g/mol. The molecule has 1 aromatic heterocycles. The second-order valence-electron chi connectivity index (χ2n) is 5.21. The summed E-state index contributed by atoms with van der Waals surface area (Å²) in [4.78, 5) is 4.55. The molecule has 2 aromatic rings. The van der Waals surface area contributed by atoms with Crippen molar-refractivity contribution in [2.24, 2.45) is 5.92 Å². The summed E-state index contributed by atoms with van der Waals surface area (Å²) < 4.78 is 6.81. The van der Waals surface area contributed by atoms with Gasteiger partial charge in [0.25, 0.3) is 0 Å². The summed E-state index contributed by atoms with van der Waals surface area (Å²) in [6.45, 7) is 8.93. The van der Waals surface area contributed by atoms with E-state index < -0.39 is 0 Å². The Kier molecular flexibility index (Phi) is 5.16. The van der Waals surface area contributed by atoms with E-state index in [9.17, 15) is 0 Å². The zero-order valence-corrected chi connectivity index (χ0v) is 12.7. The zero-order chi connectivity index (χ0) is 13.7. The normalized spacial score (nSPS) is 11.4. The summed E-state index contributed by atoms with van der Waals surface area (Å²) in [5.74, 6) is 0.709. The van der Waals surface area contributed by atoms with Crippen LogP contribution in [0.3, 0.4) is 0 Å². The number of anilines is 1. The Balaban J connectivity index is 1.75. The first-order chi connectivity index (χ1) is 9.15. The Bertz CT molecular complexity index is 522. The van der Waals surface area contributed by atoms with Crippen LogP contribution in [0.4, 0.5) is 5.13 Å². The Hall–Kier alpha value is -1.13. The summed E-state index contributed by atoms with van der Waals surface area (Å²) in [6, 6.07) is 6.35. The van der Waals surface area contributed by atoms with Gasteiger partial charge >= 0.3 is 0 Å². The van der Waals surface area contributed by atoms with Crippen molar-refractivity contribution in [3.05, 3.63) is 23.8 Å². The van der Waals surface area contributed by atoms with Crippen LogP contribution in [0.5, 0.6) is 0 Å². The van der Waals surface area contributed by atoms with E-state index in [1.165, 1.54) is 10.3 Å². The third-order valence-corrected chi connectivity index (χ3v) is 3.88. The van der Waals surface area contributed by atoms with Gasteiger partial charge in [0.05, 0.1) is 16.8 Å². The van der Waals surface area contributed by atoms with E-state index >= 15 is 0 Å². The van der Waals surface area contributed by atoms with Crippen molar-refractivity contribution in [1.82, 2.24) is 4.98 Å². The van der Waals surface area contributed by atoms with E-state index in [4.69, 9.17) is 4.74 Å². The van der Waals surface area contributed by atoms with E-state index in [1.807, 2.05) is 0 Å². The molecule has 0 spiro atoms. The maximum Gasteiger partial charge on any atom is 0.183 e. The summed E-state index contributed by atoms with van der Waals surface area (Å²) in [7, 11) is 0. The highest BCUT2D eigenvalue weighted by atomic mass is 32.1. The van der Waals surface area contributed by atoms with Crippen molar-refractivity contribution in [3.8, 4) is 0 Å². The van der Waals surface area contributed by atoms with Crippen LogP contribution < -0.4 is 5.32 Å². The molecular weight excluding hydrogens is 256 g/mol. The lowest BCUT2D eigenvalue weighted by Gasteiger charge is -2.06. The molecule has 3 nitrogen and oxygen atoms in total. The molecule has 4 heteroatoms. The lowest BCUT2D eigenvalue weighted by Crippen LogP contribution is -2.10. The van der Waals surface area contributed by atoms with E-state index in [0.29, 0.717) is 5.92 Å². The minimum absolute atomic E-state index is 0.709. The largest absolute Gasteiger partial charge is 0.380 e. The molecule has 1 aromatic carbocycles. The van der Waals surface area contributed by atoms with Gasteiger partial charge in [-0.25, -0.2) is 4.98 Å². The van der Waals surface area contributed by atoms with Crippen LogP contribution in [0.2, 0.25) is 0 Å². The van der Waals surface area contributed by atoms with Crippen LogP contribution in [0, 0.1) is 12.8 Å². The minimum Gasteiger partial charge on any atom is -0.380 e. The molecule has 1 heterocycles. The Morgan fingerprint density at radius 2 is 2.16 bits per heavy atom. The van der Waals surface area contributed by atoms with Crippen LogP contribution in [0.15, 0.2) is 18.2 Å². The fourth-order valence-electron chi connectivity index (χ4n) is 1.76. The first-order valence-corrected chi connectivity index (χ1v) is 7.65. The number of hydrogen-bond acceptors (Lipinski definition) is 4. The van der Waals surface area contributed by atoms with E-state index in [1.54, 1.807) is 11.3 Å². The quantitative estimate of drug-likeness (QED) is 0.775. The van der Waals surface area contributed by atoms with Crippen LogP contribution in [0.1, 0.15) is 25.8 Å². The van der Waals surface area contributed by atoms with Gasteiger partial charge in [-0.1, -0.05) is 31.3 Å². The highest BCUT2D eigenvalue weighted by molar-refractivity contribution is 7.22. The topological polar surface area (TPSA) is 34.2 Å². The first kappa shape index (κ1) is 14.3. The lowest BCUT2D eigenvalue weighted by atomic mass is 10.1. The fourth-order valence-corrected chi connectivity index (χ4v) is 2.75. The summed E-state index contributed by atoms with van der Waals surface area (Å²) in [5.41, 5.74) is 2.35. The maximum absolute atomic E-state index is 5.57. The molecule has 0 unspecified atom stereocenters. The van der Waals surface area contributed by atoms with E-state index in [2.05, 4.69) is 49.3 Å². The number of thiazole rings is 1. The number of aromatic nitrogens is 1. The average Bonchev–Trinajstić information content (AvgIpc) is 2.75. The Labute approximate surface area is 119 Å². The van der Waals surface area contributed by atoms with Crippen LogP contribution in [-0.4, -0.2) is 24.7 Å². The second-order valence-corrected chi connectivity index (χ2v) is 6.24. The molecule has 2 rings (SSSR count). The van der Waals surface area contributed by atoms with Gasteiger partial charge in [-0.05, 0) is 37.0 Å². The predicted octanol–water partition coefficient (Wildman–Crippen LogP) is 4.08. The second kappa shape index (κ2) is 6.87. The van der Waals surface area contributed by atoms with Gasteiger partial charge in [0.2, 0.25) is 0 Å². The molecule has 0 amide bonds. The molecule has 0 aliphatic heterocycles. The van der Waals surface area contributed by atoms with Crippen molar-refractivity contribution in [2.75, 3.05) is 25.1 Å². The molecule has 104 valence electrons. The number of fused-ring (bicyclic) bond motifs is 1. The third kappa shape index (κ3) is 4.48. The van der Waals surface area contributed by atoms with Gasteiger partial charge in [-0.2, -0.15) is 0 Å². The molecule has 19 heavy (non-hydrogen) atoms. The molecule has 0 bridgehead atoms. The molecule has 1 N–H and O–H groups in total. The molecule has 0 saturated carbocycles. The predicted molar refractivity (Wildman–Crippen MR) is 83.1 cm³/mol. The summed E-state index contributed by atoms with van der Waals surface area (Å²) >= 11 is 1.70. The molecule has 0 aliphatic carbocycles. The minimum atomic E-state index is 0.709. The zero-order valence-electron chi connectivity index (χ0n) is 11.9. The van der Waals surface area contributed by atoms with Crippen LogP contribution >= 0.6 is 11.3 Å². The first-order valence-electron chi connectivity index (χ1n) is 6.84. The van der Waals surface area contributed by atoms with Gasteiger partial charge in [0.1, 0.15) is 0 Å². The van der Waals surface area contributed by atoms with Crippen LogP contribution in [0.25, 0.3) is 10.2 Å². The van der Waals surface area contributed by atoms with Gasteiger partial charge in [-0.15, -0.1) is 0 Å². The maximum atomic E-state index is 5.57. The van der Waals surface area contributed by atoms with Gasteiger partial charge in [0.15, 0.2) is 5.13 Å². The third-order valence-electron chi connectivity index (χ3n) is 2.91. The van der Waals surface area contributed by atoms with Crippen LogP contribution in [-0.2, 0) is 4.74 Å².